The third kappa shape index (κ3) is 3.34. The van der Waals surface area contributed by atoms with Gasteiger partial charge in [-0.05, 0) is 40.8 Å². The Morgan fingerprint density at radius 3 is 2.61 bits per heavy atom. The predicted octanol–water partition coefficient (Wildman–Crippen LogP) is 1.60. The number of carbonyl (C=O) groups excluding carboxylic acids is 2. The summed E-state index contributed by atoms with van der Waals surface area (Å²) in [5, 5.41) is 2.86. The first-order chi connectivity index (χ1) is 8.69. The first kappa shape index (κ1) is 13.1. The van der Waals surface area contributed by atoms with Gasteiger partial charge in [-0.15, -0.1) is 0 Å². The Morgan fingerprint density at radius 1 is 1.28 bits per heavy atom. The van der Waals surface area contributed by atoms with Crippen molar-refractivity contribution in [2.24, 2.45) is 0 Å². The molecule has 96 valence electrons. The number of halogens is 1. The van der Waals surface area contributed by atoms with Crippen LogP contribution >= 0.6 is 22.6 Å². The number of nitrogens with zero attached hydrogens (tertiary/aromatic N) is 2. The molecule has 1 saturated heterocycles. The summed E-state index contributed by atoms with van der Waals surface area (Å²) in [5.74, 6) is 0. The lowest BCUT2D eigenvalue weighted by Crippen LogP contribution is -2.49. The molecule has 6 heteroatoms. The van der Waals surface area contributed by atoms with Gasteiger partial charge in [-0.1, -0.05) is 6.07 Å². The van der Waals surface area contributed by atoms with Crippen LogP contribution in [0.25, 0.3) is 0 Å². The number of hydrogen-bond acceptors (Lipinski definition) is 2. The van der Waals surface area contributed by atoms with Crippen LogP contribution in [0.3, 0.4) is 0 Å². The highest BCUT2D eigenvalue weighted by Gasteiger charge is 2.19. The molecule has 1 aliphatic rings. The number of hydrogen-bond donors (Lipinski definition) is 1. The summed E-state index contributed by atoms with van der Waals surface area (Å²) < 4.78 is 1.08. The van der Waals surface area contributed by atoms with Gasteiger partial charge in [0.05, 0.1) is 0 Å². The van der Waals surface area contributed by atoms with E-state index in [9.17, 15) is 9.59 Å². The van der Waals surface area contributed by atoms with Crippen molar-refractivity contribution >= 4 is 40.7 Å². The zero-order valence-corrected chi connectivity index (χ0v) is 12.0. The zero-order valence-electron chi connectivity index (χ0n) is 9.80. The van der Waals surface area contributed by atoms with Crippen LogP contribution in [0.5, 0.6) is 0 Å². The summed E-state index contributed by atoms with van der Waals surface area (Å²) in [6.07, 6.45) is 0.828. The lowest BCUT2D eigenvalue weighted by atomic mass is 10.3. The van der Waals surface area contributed by atoms with Gasteiger partial charge in [0.2, 0.25) is 6.41 Å². The second kappa shape index (κ2) is 6.03. The van der Waals surface area contributed by atoms with E-state index in [1.54, 1.807) is 9.80 Å². The molecule has 0 aromatic heterocycles. The van der Waals surface area contributed by atoms with Crippen LogP contribution < -0.4 is 5.32 Å². The Kier molecular flexibility index (Phi) is 4.40. The van der Waals surface area contributed by atoms with E-state index in [0.717, 1.165) is 15.7 Å². The molecule has 1 heterocycles. The lowest BCUT2D eigenvalue weighted by molar-refractivity contribution is -0.119. The summed E-state index contributed by atoms with van der Waals surface area (Å²) in [6.45, 7) is 2.36. The molecule has 0 atom stereocenters. The van der Waals surface area contributed by atoms with Gasteiger partial charge in [0.15, 0.2) is 0 Å². The van der Waals surface area contributed by atoms with Crippen molar-refractivity contribution in [1.82, 2.24) is 9.80 Å². The van der Waals surface area contributed by atoms with Gasteiger partial charge in [0, 0.05) is 35.4 Å². The highest BCUT2D eigenvalue weighted by Crippen LogP contribution is 2.13. The Hall–Kier alpha value is -1.31. The van der Waals surface area contributed by atoms with Gasteiger partial charge in [-0.25, -0.2) is 4.79 Å². The summed E-state index contributed by atoms with van der Waals surface area (Å²) in [7, 11) is 0. The Balaban J connectivity index is 1.91. The average molecular weight is 359 g/mol. The fraction of sp³-hybridized carbons (Fsp3) is 0.333. The fourth-order valence-corrected chi connectivity index (χ4v) is 2.34. The number of carbonyl (C=O) groups is 2. The van der Waals surface area contributed by atoms with Crippen LogP contribution in [0.2, 0.25) is 0 Å². The molecule has 3 amide bonds. The maximum atomic E-state index is 12.0. The topological polar surface area (TPSA) is 52.7 Å². The summed E-state index contributed by atoms with van der Waals surface area (Å²) in [4.78, 5) is 25.9. The third-order valence-electron chi connectivity index (χ3n) is 2.83. The van der Waals surface area contributed by atoms with Crippen LogP contribution in [0, 0.1) is 3.57 Å². The molecule has 0 radical (unpaired) electrons. The largest absolute Gasteiger partial charge is 0.342 e. The molecular formula is C12H14IN3O2. The number of rotatable bonds is 2. The SMILES string of the molecule is O=CN1CCN(C(=O)Nc2cccc(I)c2)CC1. The minimum absolute atomic E-state index is 0.109. The van der Waals surface area contributed by atoms with Crippen molar-refractivity contribution in [3.8, 4) is 0 Å². The van der Waals surface area contributed by atoms with Gasteiger partial charge in [0.25, 0.3) is 0 Å². The van der Waals surface area contributed by atoms with E-state index in [1.165, 1.54) is 0 Å². The summed E-state index contributed by atoms with van der Waals surface area (Å²) >= 11 is 2.20. The molecule has 0 bridgehead atoms. The van der Waals surface area contributed by atoms with Crippen LogP contribution in [-0.4, -0.2) is 48.4 Å². The zero-order chi connectivity index (χ0) is 13.0. The maximum Gasteiger partial charge on any atom is 0.321 e. The van der Waals surface area contributed by atoms with Gasteiger partial charge in [0.1, 0.15) is 0 Å². The first-order valence-electron chi connectivity index (χ1n) is 5.70. The number of anilines is 1. The molecule has 1 fully saturated rings. The second-order valence-corrected chi connectivity index (χ2v) is 5.31. The number of urea groups is 1. The number of amides is 3. The number of benzene rings is 1. The Bertz CT molecular complexity index is 445. The molecule has 0 spiro atoms. The van der Waals surface area contributed by atoms with Gasteiger partial charge in [-0.3, -0.25) is 4.79 Å². The van der Waals surface area contributed by atoms with Crippen LogP contribution in [0.4, 0.5) is 10.5 Å². The van der Waals surface area contributed by atoms with E-state index in [4.69, 9.17) is 0 Å². The maximum absolute atomic E-state index is 12.0. The lowest BCUT2D eigenvalue weighted by Gasteiger charge is -2.32. The van der Waals surface area contributed by atoms with E-state index in [1.807, 2.05) is 24.3 Å². The minimum Gasteiger partial charge on any atom is -0.342 e. The standard InChI is InChI=1S/C12H14IN3O2/c13-10-2-1-3-11(8-10)14-12(18)16-6-4-15(9-17)5-7-16/h1-3,8-9H,4-7H2,(H,14,18). The molecule has 18 heavy (non-hydrogen) atoms. The van der Waals surface area contributed by atoms with Crippen molar-refractivity contribution in [2.75, 3.05) is 31.5 Å². The quantitative estimate of drug-likeness (QED) is 0.644. The summed E-state index contributed by atoms with van der Waals surface area (Å²) in [6, 6.07) is 7.55. The molecule has 2 rings (SSSR count). The molecule has 0 saturated carbocycles. The Morgan fingerprint density at radius 2 is 2.00 bits per heavy atom. The van der Waals surface area contributed by atoms with E-state index in [2.05, 4.69) is 27.9 Å². The van der Waals surface area contributed by atoms with Crippen LogP contribution in [0.1, 0.15) is 0 Å². The van der Waals surface area contributed by atoms with E-state index < -0.39 is 0 Å². The second-order valence-electron chi connectivity index (χ2n) is 4.07. The van der Waals surface area contributed by atoms with Crippen molar-refractivity contribution in [3.63, 3.8) is 0 Å². The van der Waals surface area contributed by atoms with Crippen LogP contribution in [-0.2, 0) is 4.79 Å². The third-order valence-corrected chi connectivity index (χ3v) is 3.50. The molecule has 5 nitrogen and oxygen atoms in total. The molecular weight excluding hydrogens is 345 g/mol. The molecule has 1 aromatic carbocycles. The molecule has 0 unspecified atom stereocenters. The minimum atomic E-state index is -0.109. The van der Waals surface area contributed by atoms with Crippen LogP contribution in [0.15, 0.2) is 24.3 Å². The fourth-order valence-electron chi connectivity index (χ4n) is 1.80. The average Bonchev–Trinajstić information content (AvgIpc) is 2.39. The van der Waals surface area contributed by atoms with E-state index >= 15 is 0 Å². The molecule has 1 aliphatic heterocycles. The van der Waals surface area contributed by atoms with Crippen molar-refractivity contribution in [2.45, 2.75) is 0 Å². The van der Waals surface area contributed by atoms with Gasteiger partial charge < -0.3 is 15.1 Å². The molecule has 1 N–H and O–H groups in total. The first-order valence-corrected chi connectivity index (χ1v) is 6.78. The Labute approximate surface area is 119 Å². The monoisotopic (exact) mass is 359 g/mol. The number of piperazine rings is 1. The highest BCUT2D eigenvalue weighted by atomic mass is 127. The number of nitrogens with one attached hydrogen (secondary N) is 1. The van der Waals surface area contributed by atoms with Crippen molar-refractivity contribution < 1.29 is 9.59 Å². The van der Waals surface area contributed by atoms with Crippen molar-refractivity contribution in [1.29, 1.82) is 0 Å². The molecule has 0 aliphatic carbocycles. The van der Waals surface area contributed by atoms with Crippen molar-refractivity contribution in [3.05, 3.63) is 27.8 Å². The summed E-state index contributed by atoms with van der Waals surface area (Å²) in [5.41, 5.74) is 0.796. The molecule has 1 aromatic rings. The predicted molar refractivity (Wildman–Crippen MR) is 77.4 cm³/mol. The van der Waals surface area contributed by atoms with E-state index in [-0.39, 0.29) is 6.03 Å². The van der Waals surface area contributed by atoms with Gasteiger partial charge >= 0.3 is 6.03 Å². The van der Waals surface area contributed by atoms with E-state index in [0.29, 0.717) is 26.2 Å². The smallest absolute Gasteiger partial charge is 0.321 e. The van der Waals surface area contributed by atoms with Gasteiger partial charge in [-0.2, -0.15) is 0 Å². The normalized spacial score (nSPS) is 15.4. The highest BCUT2D eigenvalue weighted by molar-refractivity contribution is 14.1.